The first-order valence-corrected chi connectivity index (χ1v) is 5.46. The monoisotopic (exact) mass is 190 g/mol. The molecule has 0 aromatic rings. The number of rotatable bonds is 3. The van der Waals surface area contributed by atoms with Gasteiger partial charge in [0.2, 0.25) is 0 Å². The van der Waals surface area contributed by atoms with Gasteiger partial charge in [0.15, 0.2) is 5.78 Å². The average molecular weight is 190 g/mol. The largest absolute Gasteiger partial charge is 0.295 e. The molecule has 0 atom stereocenters. The van der Waals surface area contributed by atoms with Crippen molar-refractivity contribution in [3.8, 4) is 11.8 Å². The van der Waals surface area contributed by atoms with Crippen LogP contribution in [0, 0.1) is 11.8 Å². The van der Waals surface area contributed by atoms with Crippen LogP contribution in [0.4, 0.5) is 0 Å². The molecule has 0 aliphatic heterocycles. The van der Waals surface area contributed by atoms with Gasteiger partial charge in [-0.25, -0.2) is 0 Å². The Hall–Kier alpha value is -1.03. The summed E-state index contributed by atoms with van der Waals surface area (Å²) < 4.78 is 0. The highest BCUT2D eigenvalue weighted by Gasteiger charge is 2.10. The second-order valence-electron chi connectivity index (χ2n) is 3.68. The van der Waals surface area contributed by atoms with Crippen LogP contribution < -0.4 is 0 Å². The third kappa shape index (κ3) is 3.79. The van der Waals surface area contributed by atoms with E-state index in [0.717, 1.165) is 18.4 Å². The van der Waals surface area contributed by atoms with Gasteiger partial charge in [0.05, 0.1) is 0 Å². The Morgan fingerprint density at radius 2 is 2.29 bits per heavy atom. The van der Waals surface area contributed by atoms with Crippen LogP contribution in [0.3, 0.4) is 0 Å². The van der Waals surface area contributed by atoms with Gasteiger partial charge in [-0.3, -0.25) is 4.79 Å². The molecule has 0 heterocycles. The lowest BCUT2D eigenvalue weighted by Crippen LogP contribution is -2.01. The van der Waals surface area contributed by atoms with Crippen LogP contribution in [0.25, 0.3) is 0 Å². The smallest absolute Gasteiger partial charge is 0.159 e. The van der Waals surface area contributed by atoms with E-state index in [1.165, 1.54) is 19.3 Å². The molecule has 1 rings (SSSR count). The number of hydrogen-bond acceptors (Lipinski definition) is 1. The van der Waals surface area contributed by atoms with Crippen LogP contribution in [0.15, 0.2) is 11.6 Å². The SMILES string of the molecule is CC#CCCC(=O)C1=CCCCCC1. The Morgan fingerprint density at radius 1 is 1.43 bits per heavy atom. The van der Waals surface area contributed by atoms with Crippen molar-refractivity contribution in [3.05, 3.63) is 11.6 Å². The topological polar surface area (TPSA) is 17.1 Å². The first-order chi connectivity index (χ1) is 6.84. The van der Waals surface area contributed by atoms with Crippen molar-refractivity contribution in [3.63, 3.8) is 0 Å². The van der Waals surface area contributed by atoms with Gasteiger partial charge in [-0.2, -0.15) is 0 Å². The molecule has 1 aliphatic rings. The molecule has 1 nitrogen and oxygen atoms in total. The van der Waals surface area contributed by atoms with E-state index in [0.29, 0.717) is 18.6 Å². The van der Waals surface area contributed by atoms with E-state index in [9.17, 15) is 4.79 Å². The van der Waals surface area contributed by atoms with Crippen molar-refractivity contribution in [1.82, 2.24) is 0 Å². The molecule has 0 aromatic carbocycles. The Labute approximate surface area is 86.6 Å². The van der Waals surface area contributed by atoms with E-state index in [4.69, 9.17) is 0 Å². The quantitative estimate of drug-likeness (QED) is 0.624. The summed E-state index contributed by atoms with van der Waals surface area (Å²) in [5.74, 6) is 6.07. The van der Waals surface area contributed by atoms with E-state index in [1.54, 1.807) is 0 Å². The molecule has 1 aliphatic carbocycles. The summed E-state index contributed by atoms with van der Waals surface area (Å²) in [7, 11) is 0. The van der Waals surface area contributed by atoms with Gasteiger partial charge < -0.3 is 0 Å². The predicted octanol–water partition coefficient (Wildman–Crippen LogP) is 3.25. The molecule has 76 valence electrons. The number of hydrogen-bond donors (Lipinski definition) is 0. The Morgan fingerprint density at radius 3 is 3.07 bits per heavy atom. The molecule has 0 spiro atoms. The number of Topliss-reactive ketones (excluding diaryl/α,β-unsaturated/α-hetero) is 1. The van der Waals surface area contributed by atoms with Gasteiger partial charge in [-0.05, 0) is 38.2 Å². The molecule has 0 radical (unpaired) electrons. The summed E-state index contributed by atoms with van der Waals surface area (Å²) in [5.41, 5.74) is 1.06. The number of carbonyl (C=O) groups is 1. The number of carbonyl (C=O) groups excluding carboxylic acids is 1. The van der Waals surface area contributed by atoms with E-state index in [2.05, 4.69) is 17.9 Å². The molecule has 0 aromatic heterocycles. The first-order valence-electron chi connectivity index (χ1n) is 5.46. The van der Waals surface area contributed by atoms with Crippen molar-refractivity contribution in [1.29, 1.82) is 0 Å². The first kappa shape index (κ1) is 11.0. The molecule has 0 saturated carbocycles. The lowest BCUT2D eigenvalue weighted by molar-refractivity contribution is -0.115. The minimum absolute atomic E-state index is 0.314. The van der Waals surface area contributed by atoms with Crippen molar-refractivity contribution >= 4 is 5.78 Å². The van der Waals surface area contributed by atoms with Gasteiger partial charge in [0.25, 0.3) is 0 Å². The predicted molar refractivity (Wildman–Crippen MR) is 58.9 cm³/mol. The fourth-order valence-corrected chi connectivity index (χ4v) is 1.73. The summed E-state index contributed by atoms with van der Waals surface area (Å²) in [6.45, 7) is 1.81. The number of allylic oxidation sites excluding steroid dienone is 2. The zero-order valence-corrected chi connectivity index (χ0v) is 8.94. The highest BCUT2D eigenvalue weighted by molar-refractivity contribution is 5.95. The molecule has 0 N–H and O–H groups in total. The van der Waals surface area contributed by atoms with Gasteiger partial charge >= 0.3 is 0 Å². The van der Waals surface area contributed by atoms with E-state index >= 15 is 0 Å². The van der Waals surface area contributed by atoms with Gasteiger partial charge in [0.1, 0.15) is 0 Å². The zero-order valence-electron chi connectivity index (χ0n) is 8.94. The second kappa shape index (κ2) is 6.43. The van der Waals surface area contributed by atoms with Crippen LogP contribution in [0.1, 0.15) is 51.9 Å². The van der Waals surface area contributed by atoms with Crippen LogP contribution in [0.2, 0.25) is 0 Å². The Balaban J connectivity index is 2.40. The maximum Gasteiger partial charge on any atom is 0.159 e. The lowest BCUT2D eigenvalue weighted by atomic mass is 10.0. The zero-order chi connectivity index (χ0) is 10.2. The highest BCUT2D eigenvalue weighted by Crippen LogP contribution is 2.19. The fraction of sp³-hybridized carbons (Fsp3) is 0.615. The highest BCUT2D eigenvalue weighted by atomic mass is 16.1. The molecule has 0 fully saturated rings. The lowest BCUT2D eigenvalue weighted by Gasteiger charge is -2.01. The Bertz CT molecular complexity index is 275. The third-order valence-electron chi connectivity index (χ3n) is 2.55. The molecule has 14 heavy (non-hydrogen) atoms. The summed E-state index contributed by atoms with van der Waals surface area (Å²) in [5, 5.41) is 0. The van der Waals surface area contributed by atoms with Crippen molar-refractivity contribution in [2.45, 2.75) is 51.9 Å². The third-order valence-corrected chi connectivity index (χ3v) is 2.55. The second-order valence-corrected chi connectivity index (χ2v) is 3.68. The summed E-state index contributed by atoms with van der Waals surface area (Å²) in [4.78, 5) is 11.7. The summed E-state index contributed by atoms with van der Waals surface area (Å²) in [6, 6.07) is 0. The van der Waals surface area contributed by atoms with E-state index in [1.807, 2.05) is 6.92 Å². The van der Waals surface area contributed by atoms with Crippen LogP contribution in [0.5, 0.6) is 0 Å². The van der Waals surface area contributed by atoms with Crippen LogP contribution in [-0.2, 0) is 4.79 Å². The summed E-state index contributed by atoms with van der Waals surface area (Å²) in [6.07, 6.45) is 9.21. The molecular formula is C13H18O. The maximum atomic E-state index is 11.7. The van der Waals surface area contributed by atoms with Crippen LogP contribution >= 0.6 is 0 Å². The minimum atomic E-state index is 0.314. The molecule has 0 unspecified atom stereocenters. The molecule has 0 bridgehead atoms. The maximum absolute atomic E-state index is 11.7. The number of ketones is 1. The van der Waals surface area contributed by atoms with Crippen LogP contribution in [-0.4, -0.2) is 5.78 Å². The minimum Gasteiger partial charge on any atom is -0.295 e. The molecule has 0 amide bonds. The van der Waals surface area contributed by atoms with E-state index in [-0.39, 0.29) is 0 Å². The van der Waals surface area contributed by atoms with Gasteiger partial charge in [-0.1, -0.05) is 12.5 Å². The van der Waals surface area contributed by atoms with Crippen molar-refractivity contribution in [2.24, 2.45) is 0 Å². The molecule has 1 heteroatoms. The standard InChI is InChI=1S/C13H18O/c1-2-3-6-11-13(14)12-9-7-4-5-8-10-12/h9H,4-8,10-11H2,1H3. The fourth-order valence-electron chi connectivity index (χ4n) is 1.73. The average Bonchev–Trinajstić information content (AvgIpc) is 2.46. The van der Waals surface area contributed by atoms with Gasteiger partial charge in [0, 0.05) is 12.8 Å². The van der Waals surface area contributed by atoms with E-state index < -0.39 is 0 Å². The van der Waals surface area contributed by atoms with Gasteiger partial charge in [-0.15, -0.1) is 11.8 Å². The summed E-state index contributed by atoms with van der Waals surface area (Å²) >= 11 is 0. The Kier molecular flexibility index (Phi) is 5.07. The van der Waals surface area contributed by atoms with Crippen molar-refractivity contribution in [2.75, 3.05) is 0 Å². The molecular weight excluding hydrogens is 172 g/mol. The molecule has 0 saturated heterocycles. The normalized spacial score (nSPS) is 16.2. The van der Waals surface area contributed by atoms with Crippen molar-refractivity contribution < 1.29 is 4.79 Å².